The molecule has 2 heterocycles. The lowest BCUT2D eigenvalue weighted by Crippen LogP contribution is -2.17. The third-order valence-corrected chi connectivity index (χ3v) is 3.02. The minimum Gasteiger partial charge on any atom is -0.454 e. The first-order chi connectivity index (χ1) is 7.92. The van der Waals surface area contributed by atoms with Crippen molar-refractivity contribution < 1.29 is 9.47 Å². The molecule has 0 spiro atoms. The van der Waals surface area contributed by atoms with Gasteiger partial charge in [0.15, 0.2) is 11.5 Å². The van der Waals surface area contributed by atoms with Crippen LogP contribution in [-0.2, 0) is 0 Å². The Morgan fingerprint density at radius 3 is 3.06 bits per heavy atom. The molecule has 84 valence electrons. The topological polar surface area (TPSA) is 30.5 Å². The van der Waals surface area contributed by atoms with Gasteiger partial charge in [-0.25, -0.2) is 0 Å². The van der Waals surface area contributed by atoms with Crippen molar-refractivity contribution in [2.75, 3.05) is 13.3 Å². The maximum Gasteiger partial charge on any atom is 0.231 e. The zero-order chi connectivity index (χ0) is 10.8. The summed E-state index contributed by atoms with van der Waals surface area (Å²) in [4.78, 5) is 0. The first-order valence-electron chi connectivity index (χ1n) is 5.73. The third-order valence-electron chi connectivity index (χ3n) is 3.02. The van der Waals surface area contributed by atoms with Crippen molar-refractivity contribution in [1.82, 2.24) is 5.32 Å². The van der Waals surface area contributed by atoms with E-state index in [9.17, 15) is 0 Å². The lowest BCUT2D eigenvalue weighted by molar-refractivity contribution is 0.174. The van der Waals surface area contributed by atoms with Gasteiger partial charge in [0.25, 0.3) is 0 Å². The van der Waals surface area contributed by atoms with Gasteiger partial charge in [0.05, 0.1) is 0 Å². The Bertz CT molecular complexity index is 408. The molecule has 0 amide bonds. The number of rotatable bonds is 2. The second-order valence-corrected chi connectivity index (χ2v) is 4.17. The number of ether oxygens (including phenoxy) is 2. The normalized spacial score (nSPS) is 23.1. The molecule has 1 saturated heterocycles. The Morgan fingerprint density at radius 2 is 2.19 bits per heavy atom. The van der Waals surface area contributed by atoms with E-state index in [0.29, 0.717) is 12.8 Å². The van der Waals surface area contributed by atoms with Crippen molar-refractivity contribution in [1.29, 1.82) is 0 Å². The van der Waals surface area contributed by atoms with E-state index in [1.807, 2.05) is 12.1 Å². The van der Waals surface area contributed by atoms with Crippen LogP contribution < -0.4 is 14.8 Å². The fourth-order valence-electron chi connectivity index (χ4n) is 2.12. The Hall–Kier alpha value is -1.48. The van der Waals surface area contributed by atoms with Crippen molar-refractivity contribution in [3.05, 3.63) is 29.8 Å². The molecule has 0 aliphatic carbocycles. The lowest BCUT2D eigenvalue weighted by atomic mass is 10.1. The molecule has 3 nitrogen and oxygen atoms in total. The van der Waals surface area contributed by atoms with Gasteiger partial charge in [-0.2, -0.15) is 0 Å². The minimum absolute atomic E-state index is 0.340. The number of fused-ring (bicyclic) bond motifs is 1. The molecular weight excluding hydrogens is 202 g/mol. The van der Waals surface area contributed by atoms with E-state index in [0.717, 1.165) is 23.6 Å². The summed E-state index contributed by atoms with van der Waals surface area (Å²) in [6.07, 6.45) is 6.88. The van der Waals surface area contributed by atoms with Crippen molar-refractivity contribution >= 4 is 6.08 Å². The molecule has 0 bridgehead atoms. The molecule has 1 fully saturated rings. The molecule has 1 aromatic carbocycles. The van der Waals surface area contributed by atoms with Gasteiger partial charge in [-0.1, -0.05) is 18.2 Å². The summed E-state index contributed by atoms with van der Waals surface area (Å²) in [5.41, 5.74) is 1.16. The van der Waals surface area contributed by atoms with Crippen molar-refractivity contribution in [3.8, 4) is 11.5 Å². The second-order valence-electron chi connectivity index (χ2n) is 4.17. The molecule has 2 aliphatic heterocycles. The van der Waals surface area contributed by atoms with Crippen LogP contribution in [0.5, 0.6) is 11.5 Å². The fraction of sp³-hybridized carbons (Fsp3) is 0.385. The molecule has 0 saturated carbocycles. The lowest BCUT2D eigenvalue weighted by Gasteiger charge is -2.02. The molecule has 1 atom stereocenters. The first kappa shape index (κ1) is 9.73. The van der Waals surface area contributed by atoms with Gasteiger partial charge in [-0.15, -0.1) is 0 Å². The summed E-state index contributed by atoms with van der Waals surface area (Å²) >= 11 is 0. The summed E-state index contributed by atoms with van der Waals surface area (Å²) in [5, 5.41) is 3.44. The quantitative estimate of drug-likeness (QED) is 0.823. The zero-order valence-corrected chi connectivity index (χ0v) is 9.11. The first-order valence-corrected chi connectivity index (χ1v) is 5.73. The van der Waals surface area contributed by atoms with E-state index in [-0.39, 0.29) is 0 Å². The molecule has 3 rings (SSSR count). The molecule has 2 aliphatic rings. The average Bonchev–Trinajstić information content (AvgIpc) is 2.97. The van der Waals surface area contributed by atoms with Gasteiger partial charge in [-0.3, -0.25) is 0 Å². The van der Waals surface area contributed by atoms with Crippen molar-refractivity contribution in [2.45, 2.75) is 18.9 Å². The Kier molecular flexibility index (Phi) is 2.54. The monoisotopic (exact) mass is 217 g/mol. The van der Waals surface area contributed by atoms with Crippen LogP contribution in [0, 0.1) is 0 Å². The Morgan fingerprint density at radius 1 is 1.25 bits per heavy atom. The number of nitrogens with one attached hydrogen (secondary N) is 1. The highest BCUT2D eigenvalue weighted by Gasteiger charge is 2.13. The van der Waals surface area contributed by atoms with Crippen molar-refractivity contribution in [3.63, 3.8) is 0 Å². The highest BCUT2D eigenvalue weighted by molar-refractivity contribution is 5.56. The van der Waals surface area contributed by atoms with E-state index in [1.165, 1.54) is 12.8 Å². The van der Waals surface area contributed by atoms with Gasteiger partial charge in [0, 0.05) is 6.04 Å². The van der Waals surface area contributed by atoms with E-state index in [4.69, 9.17) is 9.47 Å². The maximum atomic E-state index is 5.34. The molecule has 1 aromatic rings. The largest absolute Gasteiger partial charge is 0.454 e. The molecule has 16 heavy (non-hydrogen) atoms. The molecule has 3 heteroatoms. The average molecular weight is 217 g/mol. The second kappa shape index (κ2) is 4.18. The van der Waals surface area contributed by atoms with Gasteiger partial charge in [0.2, 0.25) is 6.79 Å². The van der Waals surface area contributed by atoms with Crippen LogP contribution in [0.3, 0.4) is 0 Å². The maximum absolute atomic E-state index is 5.34. The smallest absolute Gasteiger partial charge is 0.231 e. The molecule has 0 aromatic heterocycles. The van der Waals surface area contributed by atoms with Crippen LogP contribution >= 0.6 is 0 Å². The third kappa shape index (κ3) is 1.91. The van der Waals surface area contributed by atoms with Crippen LogP contribution in [0.15, 0.2) is 24.3 Å². The van der Waals surface area contributed by atoms with Crippen LogP contribution in [0.1, 0.15) is 18.4 Å². The van der Waals surface area contributed by atoms with E-state index in [1.54, 1.807) is 0 Å². The number of hydrogen-bond acceptors (Lipinski definition) is 3. The molecule has 1 N–H and O–H groups in total. The molecular formula is C13H15NO2. The summed E-state index contributed by atoms with van der Waals surface area (Å²) in [6.45, 7) is 1.48. The van der Waals surface area contributed by atoms with Gasteiger partial charge in [-0.05, 0) is 37.1 Å². The summed E-state index contributed by atoms with van der Waals surface area (Å²) in [5.74, 6) is 1.69. The van der Waals surface area contributed by atoms with Crippen molar-refractivity contribution in [2.24, 2.45) is 0 Å². The Balaban J connectivity index is 1.74. The molecule has 0 radical (unpaired) electrons. The molecule has 1 unspecified atom stereocenters. The van der Waals surface area contributed by atoms with E-state index in [2.05, 4.69) is 23.5 Å². The van der Waals surface area contributed by atoms with Crippen LogP contribution in [-0.4, -0.2) is 19.4 Å². The summed E-state index contributed by atoms with van der Waals surface area (Å²) in [7, 11) is 0. The van der Waals surface area contributed by atoms with E-state index >= 15 is 0 Å². The summed E-state index contributed by atoms with van der Waals surface area (Å²) in [6, 6.07) is 6.57. The predicted molar refractivity (Wildman–Crippen MR) is 62.6 cm³/mol. The predicted octanol–water partition coefficient (Wildman–Crippen LogP) is 2.18. The van der Waals surface area contributed by atoms with Gasteiger partial charge < -0.3 is 14.8 Å². The van der Waals surface area contributed by atoms with Gasteiger partial charge >= 0.3 is 0 Å². The number of hydrogen-bond donors (Lipinski definition) is 1. The van der Waals surface area contributed by atoms with Gasteiger partial charge in [0.1, 0.15) is 0 Å². The highest BCUT2D eigenvalue weighted by Crippen LogP contribution is 2.32. The van der Waals surface area contributed by atoms with Crippen LogP contribution in [0.4, 0.5) is 0 Å². The SMILES string of the molecule is C(=C\C1CCCN1)/c1ccc2c(c1)OCO2. The fourth-order valence-corrected chi connectivity index (χ4v) is 2.12. The van der Waals surface area contributed by atoms with Crippen LogP contribution in [0.25, 0.3) is 6.08 Å². The van der Waals surface area contributed by atoms with E-state index < -0.39 is 0 Å². The Labute approximate surface area is 95.1 Å². The summed E-state index contributed by atoms with van der Waals surface area (Å²) < 4.78 is 10.6. The zero-order valence-electron chi connectivity index (χ0n) is 9.11. The number of benzene rings is 1. The van der Waals surface area contributed by atoms with Crippen LogP contribution in [0.2, 0.25) is 0 Å². The minimum atomic E-state index is 0.340. The standard InChI is InChI=1S/C13H15NO2/c1-2-11(14-7-1)5-3-10-4-6-12-13(8-10)16-9-15-12/h3-6,8,11,14H,1-2,7,9H2/b5-3+. The highest BCUT2D eigenvalue weighted by atomic mass is 16.7.